The monoisotopic (exact) mass is 471 g/mol. The highest BCUT2D eigenvalue weighted by Gasteiger charge is 2.28. The molecule has 0 unspecified atom stereocenters. The van der Waals surface area contributed by atoms with Crippen molar-refractivity contribution < 1.29 is 22.4 Å². The minimum atomic E-state index is -3.73. The van der Waals surface area contributed by atoms with Crippen LogP contribution >= 0.6 is 0 Å². The number of furan rings is 1. The van der Waals surface area contributed by atoms with Gasteiger partial charge in [-0.05, 0) is 48.9 Å². The molecule has 4 rings (SSSR count). The van der Waals surface area contributed by atoms with Crippen LogP contribution in [0.4, 0.5) is 4.79 Å². The summed E-state index contributed by atoms with van der Waals surface area (Å²) >= 11 is 0. The predicted molar refractivity (Wildman–Crippen MR) is 125 cm³/mol. The Hall–Kier alpha value is -2.88. The number of piperidine rings is 1. The van der Waals surface area contributed by atoms with E-state index in [9.17, 15) is 13.2 Å². The molecule has 1 aliphatic rings. The highest BCUT2D eigenvalue weighted by atomic mass is 32.2. The lowest BCUT2D eigenvalue weighted by molar-refractivity contribution is 0.0966. The van der Waals surface area contributed by atoms with Crippen LogP contribution < -0.4 is 10.0 Å². The van der Waals surface area contributed by atoms with Gasteiger partial charge in [-0.15, -0.1) is 0 Å². The van der Waals surface area contributed by atoms with Crippen LogP contribution in [0.5, 0.6) is 0 Å². The Balaban J connectivity index is 1.46. The van der Waals surface area contributed by atoms with Crippen LogP contribution in [0, 0.1) is 0 Å². The third-order valence-corrected chi connectivity index (χ3v) is 7.38. The lowest BCUT2D eigenvalue weighted by Gasteiger charge is -2.31. The quantitative estimate of drug-likeness (QED) is 0.520. The Labute approximate surface area is 194 Å². The number of carbonyl (C=O) groups is 1. The molecule has 3 aromatic rings. The number of hydrogen-bond donors (Lipinski definition) is 2. The number of carbonyl (C=O) groups excluding carboxylic acids is 1. The summed E-state index contributed by atoms with van der Waals surface area (Å²) in [5, 5.41) is 4.92. The van der Waals surface area contributed by atoms with Gasteiger partial charge in [0.25, 0.3) is 0 Å². The molecule has 0 radical (unpaired) electrons. The van der Waals surface area contributed by atoms with Crippen molar-refractivity contribution in [3.8, 4) is 0 Å². The largest absolute Gasteiger partial charge is 0.468 e. The molecule has 8 nitrogen and oxygen atoms in total. The minimum absolute atomic E-state index is 0.228. The van der Waals surface area contributed by atoms with Gasteiger partial charge in [0, 0.05) is 31.1 Å². The van der Waals surface area contributed by atoms with E-state index in [1.807, 2.05) is 42.5 Å². The van der Waals surface area contributed by atoms with Crippen LogP contribution in [0.15, 0.2) is 64.1 Å². The second-order valence-electron chi connectivity index (χ2n) is 8.03. The lowest BCUT2D eigenvalue weighted by Crippen LogP contribution is -2.46. The number of nitrogens with one attached hydrogen (secondary N) is 2. The predicted octanol–water partition coefficient (Wildman–Crippen LogP) is 3.62. The Morgan fingerprint density at radius 3 is 2.52 bits per heavy atom. The van der Waals surface area contributed by atoms with Crippen LogP contribution in [-0.4, -0.2) is 45.1 Å². The summed E-state index contributed by atoms with van der Waals surface area (Å²) in [5.74, 6) is 0.844. The molecule has 0 aliphatic carbocycles. The SMILES string of the molecule is CCOC(=O)N1CCC(NS(=O)(=O)c2ccc(CNCc3ccco3)c3ccccc23)CC1. The highest BCUT2D eigenvalue weighted by Crippen LogP contribution is 2.27. The number of hydrogen-bond acceptors (Lipinski definition) is 6. The van der Waals surface area contributed by atoms with E-state index in [0.717, 1.165) is 16.7 Å². The molecule has 1 fully saturated rings. The number of rotatable bonds is 8. The van der Waals surface area contributed by atoms with Crippen molar-refractivity contribution in [1.82, 2.24) is 14.9 Å². The fraction of sp³-hybridized carbons (Fsp3) is 0.375. The van der Waals surface area contributed by atoms with E-state index in [4.69, 9.17) is 9.15 Å². The van der Waals surface area contributed by atoms with Crippen molar-refractivity contribution in [3.63, 3.8) is 0 Å². The lowest BCUT2D eigenvalue weighted by atomic mass is 10.0. The molecule has 0 saturated carbocycles. The summed E-state index contributed by atoms with van der Waals surface area (Å²) < 4.78 is 39.8. The molecule has 1 amide bonds. The zero-order valence-corrected chi connectivity index (χ0v) is 19.4. The van der Waals surface area contributed by atoms with E-state index in [-0.39, 0.29) is 17.0 Å². The average molecular weight is 472 g/mol. The molecule has 2 N–H and O–H groups in total. The van der Waals surface area contributed by atoms with Crippen LogP contribution in [0.2, 0.25) is 0 Å². The Kier molecular flexibility index (Phi) is 7.32. The summed E-state index contributed by atoms with van der Waals surface area (Å²) in [7, 11) is -3.73. The van der Waals surface area contributed by atoms with E-state index in [0.29, 0.717) is 51.0 Å². The van der Waals surface area contributed by atoms with Crippen molar-refractivity contribution in [2.75, 3.05) is 19.7 Å². The van der Waals surface area contributed by atoms with Gasteiger partial charge in [-0.25, -0.2) is 17.9 Å². The highest BCUT2D eigenvalue weighted by molar-refractivity contribution is 7.89. The van der Waals surface area contributed by atoms with Crippen molar-refractivity contribution >= 4 is 26.9 Å². The summed E-state index contributed by atoms with van der Waals surface area (Å²) in [5.41, 5.74) is 1.01. The van der Waals surface area contributed by atoms with Crippen LogP contribution in [0.25, 0.3) is 10.8 Å². The van der Waals surface area contributed by atoms with Crippen LogP contribution in [0.3, 0.4) is 0 Å². The molecule has 0 bridgehead atoms. The fourth-order valence-corrected chi connectivity index (χ4v) is 5.65. The second kappa shape index (κ2) is 10.4. The van der Waals surface area contributed by atoms with Gasteiger partial charge in [0.05, 0.1) is 24.3 Å². The summed E-state index contributed by atoms with van der Waals surface area (Å²) in [6.07, 6.45) is 2.39. The molecule has 2 heterocycles. The molecular weight excluding hydrogens is 442 g/mol. The number of likely N-dealkylation sites (tertiary alicyclic amines) is 1. The zero-order valence-electron chi connectivity index (χ0n) is 18.6. The topological polar surface area (TPSA) is 101 Å². The molecule has 0 spiro atoms. The summed E-state index contributed by atoms with van der Waals surface area (Å²) in [4.78, 5) is 13.8. The van der Waals surface area contributed by atoms with Gasteiger partial charge in [0.1, 0.15) is 5.76 Å². The number of sulfonamides is 1. The third kappa shape index (κ3) is 5.55. The molecule has 1 saturated heterocycles. The van der Waals surface area contributed by atoms with E-state index in [2.05, 4.69) is 10.0 Å². The first-order valence-corrected chi connectivity index (χ1v) is 12.6. The fourth-order valence-electron chi connectivity index (χ4n) is 4.13. The Bertz CT molecular complexity index is 1190. The van der Waals surface area contributed by atoms with Gasteiger partial charge in [-0.2, -0.15) is 0 Å². The molecule has 9 heteroatoms. The second-order valence-corrected chi connectivity index (χ2v) is 9.72. The molecule has 33 heavy (non-hydrogen) atoms. The molecule has 176 valence electrons. The standard InChI is InChI=1S/C24H29N3O5S/c1-2-31-24(28)27-13-11-19(12-14-27)26-33(29,30)23-10-9-18(21-7-3-4-8-22(21)23)16-25-17-20-6-5-15-32-20/h3-10,15,19,25-26H,2,11-14,16-17H2,1H3. The first-order valence-electron chi connectivity index (χ1n) is 11.2. The normalized spacial score (nSPS) is 15.1. The van der Waals surface area contributed by atoms with Gasteiger partial charge in [0.15, 0.2) is 0 Å². The van der Waals surface area contributed by atoms with Gasteiger partial charge in [-0.3, -0.25) is 0 Å². The van der Waals surface area contributed by atoms with Crippen molar-refractivity contribution in [1.29, 1.82) is 0 Å². The maximum Gasteiger partial charge on any atom is 0.409 e. The third-order valence-electron chi connectivity index (χ3n) is 5.80. The van der Waals surface area contributed by atoms with E-state index in [1.54, 1.807) is 24.2 Å². The molecule has 1 aliphatic heterocycles. The maximum atomic E-state index is 13.3. The van der Waals surface area contributed by atoms with Gasteiger partial charge >= 0.3 is 6.09 Å². The van der Waals surface area contributed by atoms with E-state index in [1.165, 1.54) is 0 Å². The minimum Gasteiger partial charge on any atom is -0.468 e. The smallest absolute Gasteiger partial charge is 0.409 e. The van der Waals surface area contributed by atoms with Gasteiger partial charge < -0.3 is 19.4 Å². The first kappa shape index (κ1) is 23.3. The summed E-state index contributed by atoms with van der Waals surface area (Å²) in [6, 6.07) is 14.6. The van der Waals surface area contributed by atoms with E-state index < -0.39 is 10.0 Å². The van der Waals surface area contributed by atoms with Crippen LogP contribution in [0.1, 0.15) is 31.1 Å². The summed E-state index contributed by atoms with van der Waals surface area (Å²) in [6.45, 7) is 4.20. The van der Waals surface area contributed by atoms with Crippen molar-refractivity contribution in [2.45, 2.75) is 43.8 Å². The number of fused-ring (bicyclic) bond motifs is 1. The van der Waals surface area contributed by atoms with Gasteiger partial charge in [-0.1, -0.05) is 30.3 Å². The molecule has 1 aromatic heterocycles. The molecule has 2 aromatic carbocycles. The van der Waals surface area contributed by atoms with Crippen LogP contribution in [-0.2, 0) is 27.8 Å². The first-order chi connectivity index (χ1) is 16.0. The van der Waals surface area contributed by atoms with E-state index >= 15 is 0 Å². The average Bonchev–Trinajstić information content (AvgIpc) is 3.33. The number of amides is 1. The number of nitrogens with zero attached hydrogens (tertiary/aromatic N) is 1. The Morgan fingerprint density at radius 2 is 1.82 bits per heavy atom. The number of ether oxygens (including phenoxy) is 1. The number of benzene rings is 2. The molecular formula is C24H29N3O5S. The Morgan fingerprint density at radius 1 is 1.06 bits per heavy atom. The zero-order chi connectivity index (χ0) is 23.3. The van der Waals surface area contributed by atoms with Crippen molar-refractivity contribution in [3.05, 3.63) is 66.1 Å². The van der Waals surface area contributed by atoms with Crippen molar-refractivity contribution in [2.24, 2.45) is 0 Å². The molecule has 0 atom stereocenters. The maximum absolute atomic E-state index is 13.3. The van der Waals surface area contributed by atoms with Gasteiger partial charge in [0.2, 0.25) is 10.0 Å².